The maximum Gasteiger partial charge on any atom is 0.238 e. The summed E-state index contributed by atoms with van der Waals surface area (Å²) in [6.45, 7) is -0.00535. The normalized spacial score (nSPS) is 11.9. The summed E-state index contributed by atoms with van der Waals surface area (Å²) >= 11 is 0. The van der Waals surface area contributed by atoms with Crippen LogP contribution in [0.2, 0.25) is 0 Å². The predicted octanol–water partition coefficient (Wildman–Crippen LogP) is 1.15. The Morgan fingerprint density at radius 2 is 1.52 bits per heavy atom. The molecule has 0 fully saturated rings. The van der Waals surface area contributed by atoms with Crippen LogP contribution in [0.1, 0.15) is 0 Å². The van der Waals surface area contributed by atoms with Crippen molar-refractivity contribution in [1.82, 2.24) is 0 Å². The first-order valence-electron chi connectivity index (χ1n) is 6.57. The smallest absolute Gasteiger partial charge is 0.238 e. The highest BCUT2D eigenvalue weighted by atomic mass is 32.2. The topological polar surface area (TPSA) is 116 Å². The molecule has 0 aliphatic rings. The Kier molecular flexibility index (Phi) is 5.24. The van der Waals surface area contributed by atoms with Crippen LogP contribution in [-0.2, 0) is 20.0 Å². The number of benzene rings is 2. The van der Waals surface area contributed by atoms with Crippen LogP contribution in [0.5, 0.6) is 5.75 Å². The number of nitrogens with one attached hydrogen (secondary N) is 1. The first-order valence-corrected chi connectivity index (χ1v) is 9.77. The van der Waals surface area contributed by atoms with E-state index in [4.69, 9.17) is 9.88 Å². The van der Waals surface area contributed by atoms with E-state index in [0.717, 1.165) is 0 Å². The molecule has 0 atom stereocenters. The lowest BCUT2D eigenvalue weighted by Crippen LogP contribution is -2.21. The molecule has 0 radical (unpaired) electrons. The highest BCUT2D eigenvalue weighted by Crippen LogP contribution is 2.14. The molecular formula is C14H16N2O5S2. The summed E-state index contributed by atoms with van der Waals surface area (Å²) in [7, 11) is -7.41. The van der Waals surface area contributed by atoms with Crippen molar-refractivity contribution in [1.29, 1.82) is 0 Å². The van der Waals surface area contributed by atoms with E-state index in [9.17, 15) is 16.8 Å². The highest BCUT2D eigenvalue weighted by molar-refractivity contribution is 7.92. The Balaban J connectivity index is 1.93. The van der Waals surface area contributed by atoms with E-state index in [1.807, 2.05) is 6.07 Å². The summed E-state index contributed by atoms with van der Waals surface area (Å²) in [5.41, 5.74) is 0.247. The molecule has 2 aromatic rings. The molecule has 0 aliphatic carbocycles. The van der Waals surface area contributed by atoms with E-state index in [-0.39, 0.29) is 22.9 Å². The monoisotopic (exact) mass is 356 g/mol. The van der Waals surface area contributed by atoms with Crippen molar-refractivity contribution in [3.8, 4) is 5.75 Å². The summed E-state index contributed by atoms with van der Waals surface area (Å²) in [6, 6.07) is 14.0. The van der Waals surface area contributed by atoms with Gasteiger partial charge in [-0.15, -0.1) is 0 Å². The average molecular weight is 356 g/mol. The molecule has 0 spiro atoms. The minimum atomic E-state index is -3.81. The first-order chi connectivity index (χ1) is 10.8. The third kappa shape index (κ3) is 5.55. The molecule has 3 N–H and O–H groups in total. The average Bonchev–Trinajstić information content (AvgIpc) is 2.47. The molecule has 9 heteroatoms. The lowest BCUT2D eigenvalue weighted by molar-refractivity contribution is 0.341. The van der Waals surface area contributed by atoms with Gasteiger partial charge in [0.05, 0.1) is 4.90 Å². The quantitative estimate of drug-likeness (QED) is 0.772. The summed E-state index contributed by atoms with van der Waals surface area (Å²) in [5, 5.41) is 4.97. The van der Waals surface area contributed by atoms with Crippen LogP contribution in [0.4, 0.5) is 5.69 Å². The molecule has 0 aromatic heterocycles. The van der Waals surface area contributed by atoms with Gasteiger partial charge in [-0.3, -0.25) is 4.72 Å². The molecule has 0 saturated heterocycles. The van der Waals surface area contributed by atoms with Gasteiger partial charge in [-0.05, 0) is 36.4 Å². The Morgan fingerprint density at radius 1 is 0.913 bits per heavy atom. The van der Waals surface area contributed by atoms with E-state index in [1.165, 1.54) is 24.3 Å². The fraction of sp³-hybridized carbons (Fsp3) is 0.143. The fourth-order valence-electron chi connectivity index (χ4n) is 1.73. The Bertz CT molecular complexity index is 848. The highest BCUT2D eigenvalue weighted by Gasteiger charge is 2.12. The minimum absolute atomic E-state index is 0.00535. The van der Waals surface area contributed by atoms with Crippen molar-refractivity contribution in [2.75, 3.05) is 17.1 Å². The number of nitrogens with two attached hydrogens (primary N) is 1. The van der Waals surface area contributed by atoms with Gasteiger partial charge >= 0.3 is 0 Å². The maximum atomic E-state index is 11.9. The van der Waals surface area contributed by atoms with Gasteiger partial charge in [0.1, 0.15) is 18.1 Å². The van der Waals surface area contributed by atoms with E-state index in [2.05, 4.69) is 4.72 Å². The number of para-hydroxylation sites is 1. The number of hydrogen-bond acceptors (Lipinski definition) is 5. The van der Waals surface area contributed by atoms with Crippen molar-refractivity contribution in [2.24, 2.45) is 5.14 Å². The third-order valence-electron chi connectivity index (χ3n) is 2.82. The van der Waals surface area contributed by atoms with Gasteiger partial charge in [0.25, 0.3) is 0 Å². The zero-order chi connectivity index (χ0) is 16.9. The van der Waals surface area contributed by atoms with Gasteiger partial charge in [-0.2, -0.15) is 0 Å². The van der Waals surface area contributed by atoms with Crippen molar-refractivity contribution in [2.45, 2.75) is 4.90 Å². The molecular weight excluding hydrogens is 340 g/mol. The molecule has 23 heavy (non-hydrogen) atoms. The first kappa shape index (κ1) is 17.3. The summed E-state index contributed by atoms with van der Waals surface area (Å²) in [6.07, 6.45) is 0. The van der Waals surface area contributed by atoms with Crippen molar-refractivity contribution < 1.29 is 21.6 Å². The lowest BCUT2D eigenvalue weighted by Gasteiger charge is -2.09. The second kappa shape index (κ2) is 6.99. The zero-order valence-electron chi connectivity index (χ0n) is 12.0. The number of anilines is 1. The number of sulfonamides is 2. The van der Waals surface area contributed by atoms with Gasteiger partial charge < -0.3 is 4.74 Å². The van der Waals surface area contributed by atoms with Gasteiger partial charge in [0, 0.05) is 5.69 Å². The zero-order valence-corrected chi connectivity index (χ0v) is 13.7. The third-order valence-corrected chi connectivity index (χ3v) is 5.00. The number of rotatable bonds is 7. The summed E-state index contributed by atoms with van der Waals surface area (Å²) in [4.78, 5) is -0.0899. The van der Waals surface area contributed by atoms with Gasteiger partial charge in [0.2, 0.25) is 20.0 Å². The number of hydrogen-bond donors (Lipinski definition) is 2. The standard InChI is InChI=1S/C14H16N2O5S2/c15-23(19,20)14-8-6-12(7-9-14)16-22(17,18)11-10-21-13-4-2-1-3-5-13/h1-9,16H,10-11H2,(H2,15,19,20). The molecule has 7 nitrogen and oxygen atoms in total. The van der Waals surface area contributed by atoms with Gasteiger partial charge in [-0.25, -0.2) is 22.0 Å². The van der Waals surface area contributed by atoms with Crippen molar-refractivity contribution >= 4 is 25.7 Å². The van der Waals surface area contributed by atoms with Crippen LogP contribution in [-0.4, -0.2) is 29.2 Å². The van der Waals surface area contributed by atoms with E-state index < -0.39 is 20.0 Å². The number of primary sulfonamides is 1. The second-order valence-electron chi connectivity index (χ2n) is 4.65. The number of ether oxygens (including phenoxy) is 1. The van der Waals surface area contributed by atoms with Gasteiger partial charge in [0.15, 0.2) is 0 Å². The van der Waals surface area contributed by atoms with Crippen molar-refractivity contribution in [3.63, 3.8) is 0 Å². The molecule has 2 rings (SSSR count). The largest absolute Gasteiger partial charge is 0.492 e. The van der Waals surface area contributed by atoms with Crippen LogP contribution >= 0.6 is 0 Å². The Labute approximate surface area is 135 Å². The molecule has 0 bridgehead atoms. The van der Waals surface area contributed by atoms with Crippen molar-refractivity contribution in [3.05, 3.63) is 54.6 Å². The maximum absolute atomic E-state index is 11.9. The molecule has 0 heterocycles. The van der Waals surface area contributed by atoms with Crippen LogP contribution in [0.15, 0.2) is 59.5 Å². The van der Waals surface area contributed by atoms with Crippen LogP contribution in [0.25, 0.3) is 0 Å². The van der Waals surface area contributed by atoms with Crippen LogP contribution in [0.3, 0.4) is 0 Å². The minimum Gasteiger partial charge on any atom is -0.492 e. The van der Waals surface area contributed by atoms with Gasteiger partial charge in [-0.1, -0.05) is 18.2 Å². The van der Waals surface area contributed by atoms with E-state index in [1.54, 1.807) is 24.3 Å². The Hall–Kier alpha value is -2.10. The molecule has 0 aliphatic heterocycles. The Morgan fingerprint density at radius 3 is 2.09 bits per heavy atom. The second-order valence-corrected chi connectivity index (χ2v) is 8.06. The van der Waals surface area contributed by atoms with E-state index >= 15 is 0 Å². The van der Waals surface area contributed by atoms with E-state index in [0.29, 0.717) is 5.75 Å². The SMILES string of the molecule is NS(=O)(=O)c1ccc(NS(=O)(=O)CCOc2ccccc2)cc1. The molecule has 2 aromatic carbocycles. The van der Waals surface area contributed by atoms with Crippen LogP contribution < -0.4 is 14.6 Å². The molecule has 0 amide bonds. The molecule has 0 saturated carbocycles. The summed E-state index contributed by atoms with van der Waals surface area (Å²) < 4.78 is 53.8. The lowest BCUT2D eigenvalue weighted by atomic mass is 10.3. The van der Waals surface area contributed by atoms with Crippen LogP contribution in [0, 0.1) is 0 Å². The molecule has 0 unspecified atom stereocenters. The predicted molar refractivity (Wildman–Crippen MR) is 87.2 cm³/mol. The fourth-order valence-corrected chi connectivity index (χ4v) is 3.14. The summed E-state index contributed by atoms with van der Waals surface area (Å²) in [5.74, 6) is 0.346. The molecule has 124 valence electrons.